The first-order valence-electron chi connectivity index (χ1n) is 8.38. The maximum Gasteiger partial charge on any atom is 0.251 e. The van der Waals surface area contributed by atoms with Gasteiger partial charge in [-0.1, -0.05) is 61.9 Å². The molecule has 126 valence electrons. The van der Waals surface area contributed by atoms with Crippen LogP contribution in [0.2, 0.25) is 0 Å². The van der Waals surface area contributed by atoms with Gasteiger partial charge in [0.25, 0.3) is 5.91 Å². The van der Waals surface area contributed by atoms with Gasteiger partial charge in [-0.15, -0.1) is 0 Å². The summed E-state index contributed by atoms with van der Waals surface area (Å²) in [6, 6.07) is 18.9. The van der Waals surface area contributed by atoms with E-state index in [9.17, 15) is 9.59 Å². The molecule has 0 radical (unpaired) electrons. The fourth-order valence-electron chi connectivity index (χ4n) is 2.60. The molecule has 0 bridgehead atoms. The van der Waals surface area contributed by atoms with Crippen molar-refractivity contribution in [1.82, 2.24) is 10.6 Å². The van der Waals surface area contributed by atoms with E-state index in [1.165, 1.54) is 0 Å². The first-order valence-corrected chi connectivity index (χ1v) is 8.38. The van der Waals surface area contributed by atoms with Crippen molar-refractivity contribution < 1.29 is 9.59 Å². The van der Waals surface area contributed by atoms with Crippen LogP contribution in [-0.4, -0.2) is 24.9 Å². The Kier molecular flexibility index (Phi) is 7.02. The Morgan fingerprint density at radius 2 is 1.46 bits per heavy atom. The molecule has 1 atom stereocenters. The van der Waals surface area contributed by atoms with Crippen LogP contribution in [-0.2, 0) is 4.79 Å². The summed E-state index contributed by atoms with van der Waals surface area (Å²) in [5.74, 6) is -0.254. The minimum atomic E-state index is -0.138. The summed E-state index contributed by atoms with van der Waals surface area (Å²) in [5, 5.41) is 5.73. The molecule has 4 heteroatoms. The lowest BCUT2D eigenvalue weighted by molar-refractivity contribution is -0.122. The number of amides is 2. The molecule has 0 aromatic heterocycles. The summed E-state index contributed by atoms with van der Waals surface area (Å²) < 4.78 is 0. The first-order chi connectivity index (χ1) is 11.7. The maximum atomic E-state index is 12.4. The highest BCUT2D eigenvalue weighted by molar-refractivity contribution is 5.94. The number of benzene rings is 2. The summed E-state index contributed by atoms with van der Waals surface area (Å²) in [6.45, 7) is 2.90. The monoisotopic (exact) mass is 324 g/mol. The fourth-order valence-corrected chi connectivity index (χ4v) is 2.60. The van der Waals surface area contributed by atoms with Crippen molar-refractivity contribution in [2.45, 2.75) is 25.7 Å². The van der Waals surface area contributed by atoms with Gasteiger partial charge in [0.1, 0.15) is 0 Å². The summed E-state index contributed by atoms with van der Waals surface area (Å²) in [7, 11) is 0. The lowest BCUT2D eigenvalue weighted by Gasteiger charge is -2.16. The van der Waals surface area contributed by atoms with Crippen LogP contribution in [0.15, 0.2) is 60.7 Å². The third kappa shape index (κ3) is 5.23. The lowest BCUT2D eigenvalue weighted by Crippen LogP contribution is -2.37. The van der Waals surface area contributed by atoms with E-state index in [4.69, 9.17) is 0 Å². The lowest BCUT2D eigenvalue weighted by atomic mass is 9.94. The quantitative estimate of drug-likeness (QED) is 0.733. The van der Waals surface area contributed by atoms with E-state index >= 15 is 0 Å². The molecule has 0 unspecified atom stereocenters. The van der Waals surface area contributed by atoms with Crippen molar-refractivity contribution in [2.24, 2.45) is 0 Å². The minimum absolute atomic E-state index is 0.0111. The van der Waals surface area contributed by atoms with Crippen molar-refractivity contribution >= 4 is 11.8 Å². The van der Waals surface area contributed by atoms with Crippen molar-refractivity contribution in [3.63, 3.8) is 0 Å². The Bertz CT molecular complexity index is 641. The zero-order chi connectivity index (χ0) is 17.2. The van der Waals surface area contributed by atoms with E-state index < -0.39 is 0 Å². The molecule has 0 heterocycles. The molecule has 0 spiro atoms. The van der Waals surface area contributed by atoms with Gasteiger partial charge in [-0.25, -0.2) is 0 Å². The highest BCUT2D eigenvalue weighted by Crippen LogP contribution is 2.21. The van der Waals surface area contributed by atoms with Crippen molar-refractivity contribution in [3.05, 3.63) is 71.8 Å². The van der Waals surface area contributed by atoms with Gasteiger partial charge in [0.15, 0.2) is 0 Å². The molecule has 0 saturated heterocycles. The molecule has 2 N–H and O–H groups in total. The van der Waals surface area contributed by atoms with Gasteiger partial charge >= 0.3 is 0 Å². The Morgan fingerprint density at radius 3 is 2.08 bits per heavy atom. The molecule has 0 fully saturated rings. The summed E-state index contributed by atoms with van der Waals surface area (Å²) in [6.07, 6.45) is 1.75. The van der Waals surface area contributed by atoms with Gasteiger partial charge in [-0.2, -0.15) is 0 Å². The third-order valence-electron chi connectivity index (χ3n) is 3.84. The van der Waals surface area contributed by atoms with Crippen LogP contribution in [0, 0.1) is 0 Å². The molecule has 0 aliphatic carbocycles. The first kappa shape index (κ1) is 17.7. The Balaban J connectivity index is 1.80. The van der Waals surface area contributed by atoms with E-state index in [2.05, 4.69) is 17.6 Å². The van der Waals surface area contributed by atoms with Crippen LogP contribution in [0.1, 0.15) is 41.6 Å². The van der Waals surface area contributed by atoms with Crippen LogP contribution >= 0.6 is 0 Å². The smallest absolute Gasteiger partial charge is 0.251 e. The zero-order valence-electron chi connectivity index (χ0n) is 14.0. The molecule has 2 rings (SSSR count). The van der Waals surface area contributed by atoms with E-state index in [0.717, 1.165) is 18.4 Å². The van der Waals surface area contributed by atoms with Crippen molar-refractivity contribution in [2.75, 3.05) is 13.1 Å². The highest BCUT2D eigenvalue weighted by atomic mass is 16.2. The van der Waals surface area contributed by atoms with Gasteiger partial charge in [0, 0.05) is 18.7 Å². The number of nitrogens with one attached hydrogen (secondary N) is 2. The zero-order valence-corrected chi connectivity index (χ0v) is 14.0. The number of carbonyl (C=O) groups excluding carboxylic acids is 2. The molecule has 2 aromatic carbocycles. The normalized spacial score (nSPS) is 11.5. The molecule has 0 aliphatic rings. The average Bonchev–Trinajstić information content (AvgIpc) is 2.64. The number of hydrogen-bond donors (Lipinski definition) is 2. The van der Waals surface area contributed by atoms with Crippen LogP contribution in [0.5, 0.6) is 0 Å². The standard InChI is InChI=1S/C20H24N2O2/c1-2-9-18(16-10-5-3-6-11-16)20(24)22-15-14-21-19(23)17-12-7-4-8-13-17/h3-8,10-13,18H,2,9,14-15H2,1H3,(H,21,23)(H,22,24)/t18-/m1/s1. The van der Waals surface area contributed by atoms with E-state index in [1.54, 1.807) is 12.1 Å². The molecular formula is C20H24N2O2. The predicted molar refractivity (Wildman–Crippen MR) is 95.9 cm³/mol. The number of rotatable bonds is 8. The Morgan fingerprint density at radius 1 is 0.875 bits per heavy atom. The van der Waals surface area contributed by atoms with E-state index in [0.29, 0.717) is 18.7 Å². The van der Waals surface area contributed by atoms with Crippen molar-refractivity contribution in [3.8, 4) is 0 Å². The Labute approximate surface area is 143 Å². The molecule has 2 aromatic rings. The van der Waals surface area contributed by atoms with Gasteiger partial charge in [0.2, 0.25) is 5.91 Å². The molecule has 4 nitrogen and oxygen atoms in total. The molecule has 0 saturated carbocycles. The molecule has 24 heavy (non-hydrogen) atoms. The van der Waals surface area contributed by atoms with Crippen LogP contribution in [0.25, 0.3) is 0 Å². The summed E-state index contributed by atoms with van der Waals surface area (Å²) >= 11 is 0. The van der Waals surface area contributed by atoms with Crippen LogP contribution in [0.4, 0.5) is 0 Å². The van der Waals surface area contributed by atoms with Crippen LogP contribution in [0.3, 0.4) is 0 Å². The predicted octanol–water partition coefficient (Wildman–Crippen LogP) is 3.12. The third-order valence-corrected chi connectivity index (χ3v) is 3.84. The number of hydrogen-bond acceptors (Lipinski definition) is 2. The fraction of sp³-hybridized carbons (Fsp3) is 0.300. The maximum absolute atomic E-state index is 12.4. The number of carbonyl (C=O) groups is 2. The minimum Gasteiger partial charge on any atom is -0.354 e. The highest BCUT2D eigenvalue weighted by Gasteiger charge is 2.18. The van der Waals surface area contributed by atoms with Crippen molar-refractivity contribution in [1.29, 1.82) is 0 Å². The van der Waals surface area contributed by atoms with E-state index in [-0.39, 0.29) is 17.7 Å². The summed E-state index contributed by atoms with van der Waals surface area (Å²) in [5.41, 5.74) is 1.65. The largest absolute Gasteiger partial charge is 0.354 e. The van der Waals surface area contributed by atoms with Gasteiger partial charge in [-0.3, -0.25) is 9.59 Å². The average molecular weight is 324 g/mol. The topological polar surface area (TPSA) is 58.2 Å². The molecular weight excluding hydrogens is 300 g/mol. The van der Waals surface area contributed by atoms with Gasteiger partial charge in [0.05, 0.1) is 5.92 Å². The molecule has 0 aliphatic heterocycles. The van der Waals surface area contributed by atoms with Crippen LogP contribution < -0.4 is 10.6 Å². The van der Waals surface area contributed by atoms with Gasteiger partial charge in [-0.05, 0) is 24.1 Å². The molecule has 2 amide bonds. The second-order valence-corrected chi connectivity index (χ2v) is 5.66. The second kappa shape index (κ2) is 9.50. The van der Waals surface area contributed by atoms with E-state index in [1.807, 2.05) is 48.5 Å². The Hall–Kier alpha value is -2.62. The summed E-state index contributed by atoms with van der Waals surface area (Å²) in [4.78, 5) is 24.3. The SMILES string of the molecule is CCC[C@@H](C(=O)NCCNC(=O)c1ccccc1)c1ccccc1. The second-order valence-electron chi connectivity index (χ2n) is 5.66. The van der Waals surface area contributed by atoms with Gasteiger partial charge < -0.3 is 10.6 Å².